The number of nitrogens with one attached hydrogen (secondary N) is 2. The number of aromatic amines is 1. The summed E-state index contributed by atoms with van der Waals surface area (Å²) in [6.07, 6.45) is 1.82. The average Bonchev–Trinajstić information content (AvgIpc) is 3.09. The van der Waals surface area contributed by atoms with E-state index in [1.807, 2.05) is 50.2 Å². The largest absolute Gasteiger partial charge is 0.491 e. The van der Waals surface area contributed by atoms with Crippen molar-refractivity contribution in [2.24, 2.45) is 0 Å². The summed E-state index contributed by atoms with van der Waals surface area (Å²) in [5.74, 6) is 1.20. The van der Waals surface area contributed by atoms with Gasteiger partial charge in [-0.15, -0.1) is 0 Å². The lowest BCUT2D eigenvalue weighted by atomic mass is 10.1. The van der Waals surface area contributed by atoms with Crippen LogP contribution in [0.25, 0.3) is 22.2 Å². The molecule has 0 unspecified atom stereocenters. The summed E-state index contributed by atoms with van der Waals surface area (Å²) in [6, 6.07) is 16.1. The first-order valence-corrected chi connectivity index (χ1v) is 9.70. The fraction of sp³-hybridized carbons (Fsp3) is 0.143. The Morgan fingerprint density at radius 1 is 1.11 bits per heavy atom. The van der Waals surface area contributed by atoms with E-state index in [1.165, 1.54) is 24.1 Å². The van der Waals surface area contributed by atoms with Crippen LogP contribution >= 0.6 is 11.9 Å². The van der Waals surface area contributed by atoms with Gasteiger partial charge in [-0.25, -0.2) is 9.37 Å². The summed E-state index contributed by atoms with van der Waals surface area (Å²) >= 11 is 1.31. The van der Waals surface area contributed by atoms with Crippen LogP contribution in [0.5, 0.6) is 5.75 Å². The lowest BCUT2D eigenvalue weighted by Crippen LogP contribution is -2.05. The Hall–Kier alpha value is -3.06. The fourth-order valence-corrected chi connectivity index (χ4v) is 3.49. The first kappa shape index (κ1) is 18.3. The third-order valence-corrected chi connectivity index (χ3v) is 4.81. The first-order chi connectivity index (χ1) is 13.6. The Labute approximate surface area is 166 Å². The zero-order valence-corrected chi connectivity index (χ0v) is 16.3. The molecule has 2 N–H and O–H groups in total. The van der Waals surface area contributed by atoms with E-state index in [-0.39, 0.29) is 11.9 Å². The Morgan fingerprint density at radius 3 is 2.82 bits per heavy atom. The number of hydrogen-bond donors (Lipinski definition) is 2. The van der Waals surface area contributed by atoms with Gasteiger partial charge < -0.3 is 9.46 Å². The number of H-pyrrole nitrogens is 1. The van der Waals surface area contributed by atoms with Gasteiger partial charge in [0.25, 0.3) is 0 Å². The molecular weight excluding hydrogens is 375 g/mol. The molecule has 4 aromatic rings. The number of pyridine rings is 1. The van der Waals surface area contributed by atoms with Crippen LogP contribution in [0.15, 0.2) is 65.7 Å². The normalized spacial score (nSPS) is 11.1. The summed E-state index contributed by atoms with van der Waals surface area (Å²) in [6.45, 7) is 4.00. The Morgan fingerprint density at radius 2 is 2.00 bits per heavy atom. The number of ether oxygens (including phenoxy) is 1. The third-order valence-electron chi connectivity index (χ3n) is 4.01. The molecular formula is C21H19FN4OS. The van der Waals surface area contributed by atoms with Crippen molar-refractivity contribution in [3.05, 3.63) is 66.6 Å². The summed E-state index contributed by atoms with van der Waals surface area (Å²) in [5, 5.41) is 8.50. The molecule has 0 spiro atoms. The van der Waals surface area contributed by atoms with E-state index in [1.54, 1.807) is 12.3 Å². The van der Waals surface area contributed by atoms with Crippen molar-refractivity contribution in [3.8, 4) is 17.0 Å². The van der Waals surface area contributed by atoms with Crippen LogP contribution < -0.4 is 9.46 Å². The predicted octanol–water partition coefficient (Wildman–Crippen LogP) is 5.67. The van der Waals surface area contributed by atoms with Gasteiger partial charge >= 0.3 is 0 Å². The summed E-state index contributed by atoms with van der Waals surface area (Å²) < 4.78 is 22.3. The minimum absolute atomic E-state index is 0.101. The Balaban J connectivity index is 1.60. The van der Waals surface area contributed by atoms with Crippen molar-refractivity contribution >= 4 is 28.7 Å². The van der Waals surface area contributed by atoms with Gasteiger partial charge in [-0.1, -0.05) is 6.07 Å². The molecule has 5 nitrogen and oxygen atoms in total. The second-order valence-corrected chi connectivity index (χ2v) is 7.42. The maximum atomic E-state index is 13.3. The number of aromatic nitrogens is 3. The molecule has 4 rings (SSSR count). The highest BCUT2D eigenvalue weighted by Gasteiger charge is 2.11. The quantitative estimate of drug-likeness (QED) is 0.413. The summed E-state index contributed by atoms with van der Waals surface area (Å²) in [5.41, 5.74) is 2.68. The number of benzene rings is 2. The van der Waals surface area contributed by atoms with E-state index in [0.29, 0.717) is 5.82 Å². The number of halogens is 1. The highest BCUT2D eigenvalue weighted by molar-refractivity contribution is 8.00. The third kappa shape index (κ3) is 4.09. The van der Waals surface area contributed by atoms with Crippen LogP contribution in [0.3, 0.4) is 0 Å². The highest BCUT2D eigenvalue weighted by atomic mass is 32.2. The second-order valence-electron chi connectivity index (χ2n) is 6.54. The van der Waals surface area contributed by atoms with Crippen LogP contribution in [0.2, 0.25) is 0 Å². The molecule has 0 saturated heterocycles. The van der Waals surface area contributed by atoms with Crippen molar-refractivity contribution in [2.45, 2.75) is 24.8 Å². The van der Waals surface area contributed by atoms with Crippen LogP contribution in [0.1, 0.15) is 13.8 Å². The van der Waals surface area contributed by atoms with Crippen LogP contribution in [0, 0.1) is 5.82 Å². The molecule has 0 aliphatic heterocycles. The Bertz CT molecular complexity index is 1110. The zero-order valence-electron chi connectivity index (χ0n) is 15.4. The summed E-state index contributed by atoms with van der Waals surface area (Å²) in [7, 11) is 0. The lowest BCUT2D eigenvalue weighted by molar-refractivity contribution is 0.243. The summed E-state index contributed by atoms with van der Waals surface area (Å²) in [4.78, 5) is 5.11. The van der Waals surface area contributed by atoms with Gasteiger partial charge in [0.1, 0.15) is 23.1 Å². The monoisotopic (exact) mass is 394 g/mol. The molecule has 2 aromatic heterocycles. The van der Waals surface area contributed by atoms with E-state index < -0.39 is 0 Å². The SMILES string of the molecule is CC(C)Oc1ccc2[nH]nc(-c3ccnc(NSc4cccc(F)c4)c3)c2c1. The van der Waals surface area contributed by atoms with Gasteiger partial charge in [0.05, 0.1) is 11.6 Å². The van der Waals surface area contributed by atoms with E-state index >= 15 is 0 Å². The van der Waals surface area contributed by atoms with Crippen LogP contribution in [-0.2, 0) is 0 Å². The molecule has 2 heterocycles. The second kappa shape index (κ2) is 7.90. The maximum absolute atomic E-state index is 13.3. The molecule has 0 bridgehead atoms. The standard InChI is InChI=1S/C21H19FN4OS/c1-13(2)27-16-6-7-19-18(12-16)21(25-24-19)14-8-9-23-20(10-14)26-28-17-5-3-4-15(22)11-17/h3-13H,1-2H3,(H,23,26)(H,24,25). The number of anilines is 1. The van der Waals surface area contributed by atoms with Gasteiger partial charge in [-0.2, -0.15) is 5.10 Å². The minimum atomic E-state index is -0.268. The van der Waals surface area contributed by atoms with Crippen LogP contribution in [-0.4, -0.2) is 21.3 Å². The average molecular weight is 394 g/mol. The molecule has 142 valence electrons. The first-order valence-electron chi connectivity index (χ1n) is 8.88. The van der Waals surface area contributed by atoms with Gasteiger partial charge in [-0.3, -0.25) is 5.10 Å². The molecule has 0 aliphatic rings. The number of hydrogen-bond acceptors (Lipinski definition) is 5. The smallest absolute Gasteiger partial charge is 0.136 e. The molecule has 0 fully saturated rings. The van der Waals surface area contributed by atoms with Crippen molar-refractivity contribution in [3.63, 3.8) is 0 Å². The van der Waals surface area contributed by atoms with Crippen LogP contribution in [0.4, 0.5) is 10.2 Å². The number of fused-ring (bicyclic) bond motifs is 1. The predicted molar refractivity (Wildman–Crippen MR) is 111 cm³/mol. The maximum Gasteiger partial charge on any atom is 0.136 e. The molecule has 28 heavy (non-hydrogen) atoms. The molecule has 0 atom stereocenters. The van der Waals surface area contributed by atoms with E-state index in [9.17, 15) is 4.39 Å². The molecule has 0 saturated carbocycles. The molecule has 7 heteroatoms. The van der Waals surface area contributed by atoms with Gasteiger partial charge in [0, 0.05) is 22.0 Å². The van der Waals surface area contributed by atoms with Gasteiger partial charge in [0.2, 0.25) is 0 Å². The Kier molecular flexibility index (Phi) is 5.16. The minimum Gasteiger partial charge on any atom is -0.491 e. The highest BCUT2D eigenvalue weighted by Crippen LogP contribution is 2.31. The van der Waals surface area contributed by atoms with E-state index in [4.69, 9.17) is 4.74 Å². The molecule has 2 aromatic carbocycles. The molecule has 0 radical (unpaired) electrons. The van der Waals surface area contributed by atoms with Crippen molar-refractivity contribution in [1.82, 2.24) is 15.2 Å². The van der Waals surface area contributed by atoms with Crippen molar-refractivity contribution in [2.75, 3.05) is 4.72 Å². The van der Waals surface area contributed by atoms with Crippen molar-refractivity contribution in [1.29, 1.82) is 0 Å². The topological polar surface area (TPSA) is 62.8 Å². The lowest BCUT2D eigenvalue weighted by Gasteiger charge is -2.09. The fourth-order valence-electron chi connectivity index (χ4n) is 2.83. The number of nitrogens with zero attached hydrogens (tertiary/aromatic N) is 2. The molecule has 0 amide bonds. The van der Waals surface area contributed by atoms with E-state index in [2.05, 4.69) is 19.9 Å². The number of rotatable bonds is 6. The van der Waals surface area contributed by atoms with Gasteiger partial charge in [0.15, 0.2) is 0 Å². The van der Waals surface area contributed by atoms with Gasteiger partial charge in [-0.05, 0) is 74.3 Å². The zero-order chi connectivity index (χ0) is 19.5. The van der Waals surface area contributed by atoms with Crippen molar-refractivity contribution < 1.29 is 9.13 Å². The molecule has 0 aliphatic carbocycles. The van der Waals surface area contributed by atoms with E-state index in [0.717, 1.165) is 32.8 Å².